The van der Waals surface area contributed by atoms with E-state index in [2.05, 4.69) is 53.9 Å². The van der Waals surface area contributed by atoms with E-state index in [-0.39, 0.29) is 0 Å². The molecule has 0 atom stereocenters. The third kappa shape index (κ3) is 3.25. The van der Waals surface area contributed by atoms with Gasteiger partial charge in [-0.15, -0.1) is 0 Å². The summed E-state index contributed by atoms with van der Waals surface area (Å²) in [6.07, 6.45) is 1.40. The molecule has 0 amide bonds. The molecule has 3 heteroatoms. The number of thioether (sulfide) groups is 2. The van der Waals surface area contributed by atoms with Gasteiger partial charge in [-0.3, -0.25) is 0 Å². The van der Waals surface area contributed by atoms with Gasteiger partial charge in [-0.25, -0.2) is 0 Å². The van der Waals surface area contributed by atoms with Crippen LogP contribution in [-0.4, -0.2) is 29.9 Å². The van der Waals surface area contributed by atoms with Crippen molar-refractivity contribution < 1.29 is 0 Å². The maximum absolute atomic E-state index is 2.26. The van der Waals surface area contributed by atoms with Gasteiger partial charge in [0.15, 0.2) is 0 Å². The minimum absolute atomic E-state index is 0.664. The first-order valence-electron chi connectivity index (χ1n) is 4.40. The second kappa shape index (κ2) is 5.35. The Morgan fingerprint density at radius 1 is 1.08 bits per heavy atom. The van der Waals surface area contributed by atoms with Gasteiger partial charge < -0.3 is 0 Å². The molecule has 0 spiro atoms. The predicted molar refractivity (Wildman–Crippen MR) is 65.2 cm³/mol. The van der Waals surface area contributed by atoms with Crippen LogP contribution in [0.5, 0.6) is 0 Å². The summed E-state index contributed by atoms with van der Waals surface area (Å²) in [5.41, 5.74) is 0. The number of hydrogen-bond donors (Lipinski definition) is 0. The average molecular weight is 275 g/mol. The third-order valence-corrected chi connectivity index (χ3v) is 8.44. The van der Waals surface area contributed by atoms with Gasteiger partial charge in [0.05, 0.1) is 0 Å². The van der Waals surface area contributed by atoms with Crippen LogP contribution in [0.15, 0.2) is 30.3 Å². The fourth-order valence-electron chi connectivity index (χ4n) is 1.14. The normalized spacial score (nSPS) is 18.8. The topological polar surface area (TPSA) is 0 Å². The van der Waals surface area contributed by atoms with Crippen LogP contribution in [0, 0.1) is 0 Å². The van der Waals surface area contributed by atoms with Crippen molar-refractivity contribution in [3.05, 3.63) is 30.3 Å². The molecule has 0 nitrogen and oxygen atoms in total. The number of benzene rings is 1. The van der Waals surface area contributed by atoms with E-state index >= 15 is 0 Å². The summed E-state index contributed by atoms with van der Waals surface area (Å²) in [6, 6.07) is 10.9. The van der Waals surface area contributed by atoms with Crippen molar-refractivity contribution in [2.45, 2.75) is 9.90 Å². The van der Waals surface area contributed by atoms with Gasteiger partial charge in [-0.05, 0) is 0 Å². The summed E-state index contributed by atoms with van der Waals surface area (Å²) in [7, 11) is 0. The monoisotopic (exact) mass is 276 g/mol. The molecule has 1 aromatic carbocycles. The molecule has 0 radical (unpaired) electrons. The van der Waals surface area contributed by atoms with Gasteiger partial charge in [0.1, 0.15) is 0 Å². The van der Waals surface area contributed by atoms with Crippen molar-refractivity contribution >= 4 is 42.9 Å². The van der Waals surface area contributed by atoms with Crippen molar-refractivity contribution in [3.8, 4) is 0 Å². The predicted octanol–water partition coefficient (Wildman–Crippen LogP) is 2.17. The van der Waals surface area contributed by atoms with E-state index in [1.807, 2.05) is 0 Å². The first kappa shape index (κ1) is 9.97. The molecule has 0 unspecified atom stereocenters. The molecule has 1 fully saturated rings. The van der Waals surface area contributed by atoms with Crippen molar-refractivity contribution in [2.24, 2.45) is 0 Å². The molecule has 1 aromatic rings. The second-order valence-corrected chi connectivity index (χ2v) is 9.36. The molecule has 0 aromatic heterocycles. The summed E-state index contributed by atoms with van der Waals surface area (Å²) in [4.78, 5) is 0. The zero-order valence-corrected chi connectivity index (χ0v) is 10.7. The van der Waals surface area contributed by atoms with Crippen molar-refractivity contribution in [2.75, 3.05) is 11.5 Å². The van der Waals surface area contributed by atoms with E-state index < -0.39 is 0 Å². The Morgan fingerprint density at radius 3 is 2.46 bits per heavy atom. The first-order valence-corrected chi connectivity index (χ1v) is 8.34. The van der Waals surface area contributed by atoms with Crippen molar-refractivity contribution in [1.29, 1.82) is 0 Å². The van der Waals surface area contributed by atoms with Gasteiger partial charge in [0, 0.05) is 0 Å². The van der Waals surface area contributed by atoms with Crippen LogP contribution in [0.4, 0.5) is 0 Å². The molecule has 1 aliphatic heterocycles. The standard InChI is InChI=1S/C10H12S2Se/c1-2-5-9(6-3-1)13-10-11-7-4-8-12-10/h1-3,5-6,10H,4,7-8H2. The molecule has 0 N–H and O–H groups in total. The SMILES string of the molecule is c1ccc([Se]C2SCCCS2)cc1. The Kier molecular flexibility index (Phi) is 4.11. The van der Waals surface area contributed by atoms with Crippen LogP contribution in [0.1, 0.15) is 6.42 Å². The summed E-state index contributed by atoms with van der Waals surface area (Å²) in [5.74, 6) is 2.73. The second-order valence-electron chi connectivity index (χ2n) is 2.81. The summed E-state index contributed by atoms with van der Waals surface area (Å²) in [6.45, 7) is 0. The van der Waals surface area contributed by atoms with Gasteiger partial charge >= 0.3 is 94.7 Å². The molecule has 70 valence electrons. The van der Waals surface area contributed by atoms with Crippen LogP contribution in [0.3, 0.4) is 0 Å². The van der Waals surface area contributed by atoms with E-state index in [1.54, 1.807) is 4.46 Å². The van der Waals surface area contributed by atoms with E-state index in [9.17, 15) is 0 Å². The van der Waals surface area contributed by atoms with Crippen LogP contribution in [0.2, 0.25) is 0 Å². The zero-order valence-electron chi connectivity index (χ0n) is 7.31. The molecule has 13 heavy (non-hydrogen) atoms. The van der Waals surface area contributed by atoms with Gasteiger partial charge in [0.25, 0.3) is 0 Å². The summed E-state index contributed by atoms with van der Waals surface area (Å²) in [5, 5.41) is 0. The van der Waals surface area contributed by atoms with Gasteiger partial charge in [-0.2, -0.15) is 0 Å². The van der Waals surface area contributed by atoms with Gasteiger partial charge in [0.2, 0.25) is 0 Å². The van der Waals surface area contributed by atoms with E-state index in [1.165, 1.54) is 17.9 Å². The molecular weight excluding hydrogens is 263 g/mol. The molecule has 0 aliphatic carbocycles. The van der Waals surface area contributed by atoms with Gasteiger partial charge in [-0.1, -0.05) is 0 Å². The Labute approximate surface area is 94.4 Å². The van der Waals surface area contributed by atoms with Crippen molar-refractivity contribution in [1.82, 2.24) is 0 Å². The fraction of sp³-hybridized carbons (Fsp3) is 0.400. The van der Waals surface area contributed by atoms with Crippen LogP contribution in [0.25, 0.3) is 0 Å². The van der Waals surface area contributed by atoms with Crippen LogP contribution >= 0.6 is 23.5 Å². The Balaban J connectivity index is 1.90. The Bertz CT molecular complexity index is 244. The Hall–Kier alpha value is 0.439. The van der Waals surface area contributed by atoms with Crippen LogP contribution in [-0.2, 0) is 0 Å². The fourth-order valence-corrected chi connectivity index (χ4v) is 7.78. The first-order chi connectivity index (χ1) is 6.45. The molecule has 2 rings (SSSR count). The van der Waals surface area contributed by atoms with E-state index in [0.29, 0.717) is 15.0 Å². The van der Waals surface area contributed by atoms with E-state index in [0.717, 1.165) is 3.48 Å². The van der Waals surface area contributed by atoms with Crippen LogP contribution < -0.4 is 4.46 Å². The summed E-state index contributed by atoms with van der Waals surface area (Å²) < 4.78 is 2.41. The quantitative estimate of drug-likeness (QED) is 0.759. The molecule has 0 saturated carbocycles. The Morgan fingerprint density at radius 2 is 1.77 bits per heavy atom. The molecule has 1 saturated heterocycles. The third-order valence-electron chi connectivity index (χ3n) is 1.77. The zero-order chi connectivity index (χ0) is 8.93. The minimum atomic E-state index is 0.664. The molecule has 1 aliphatic rings. The van der Waals surface area contributed by atoms with E-state index in [4.69, 9.17) is 0 Å². The van der Waals surface area contributed by atoms with Crippen molar-refractivity contribution in [3.63, 3.8) is 0 Å². The summed E-state index contributed by atoms with van der Waals surface area (Å²) >= 11 is 4.96. The molecular formula is C10H12S2Se. The molecule has 0 bridgehead atoms. The number of hydrogen-bond acceptors (Lipinski definition) is 2. The molecule has 1 heterocycles. The average Bonchev–Trinajstić information content (AvgIpc) is 2.21. The maximum atomic E-state index is 2.26. The number of rotatable bonds is 2.